The fourth-order valence-corrected chi connectivity index (χ4v) is 0.857. The van der Waals surface area contributed by atoms with Crippen molar-refractivity contribution in [3.63, 3.8) is 0 Å². The number of rotatable bonds is 8. The van der Waals surface area contributed by atoms with E-state index >= 15 is 0 Å². The Morgan fingerprint density at radius 1 is 1.37 bits per heavy atom. The van der Waals surface area contributed by atoms with E-state index in [1.54, 1.807) is 6.92 Å². The molecule has 0 aliphatic carbocycles. The van der Waals surface area contributed by atoms with Crippen LogP contribution in [-0.4, -0.2) is 53.7 Å². The molecule has 0 aromatic heterocycles. The SMILES string of the molecule is C#CCC(O)C(C)OCCOCCO.O=P(O)(F)F. The number of aliphatic hydroxyl groups is 2. The second-order valence-electron chi connectivity index (χ2n) is 3.32. The molecule has 114 valence electrons. The first-order valence-corrected chi connectivity index (χ1v) is 6.80. The highest BCUT2D eigenvalue weighted by molar-refractivity contribution is 7.46. The normalized spacial score (nSPS) is 13.9. The molecular weight excluding hydrogens is 285 g/mol. The Balaban J connectivity index is 0. The summed E-state index contributed by atoms with van der Waals surface area (Å²) in [5.41, 5.74) is 0. The van der Waals surface area contributed by atoms with Crippen molar-refractivity contribution in [2.24, 2.45) is 0 Å². The predicted octanol–water partition coefficient (Wildman–Crippen LogP) is 0.810. The number of halogens is 2. The molecule has 0 spiro atoms. The summed E-state index contributed by atoms with van der Waals surface area (Å²) in [4.78, 5) is 6.74. The van der Waals surface area contributed by atoms with Crippen molar-refractivity contribution in [2.75, 3.05) is 26.4 Å². The molecule has 0 aromatic rings. The summed E-state index contributed by atoms with van der Waals surface area (Å²) in [5, 5.41) is 17.8. The van der Waals surface area contributed by atoms with Crippen molar-refractivity contribution in [3.8, 4) is 12.3 Å². The van der Waals surface area contributed by atoms with Gasteiger partial charge in [-0.05, 0) is 6.92 Å². The Bertz CT molecular complexity index is 282. The summed E-state index contributed by atoms with van der Waals surface area (Å²) >= 11 is 0. The summed E-state index contributed by atoms with van der Waals surface area (Å²) in [6.45, 7) is 2.88. The summed E-state index contributed by atoms with van der Waals surface area (Å²) in [6.07, 6.45) is 4.42. The molecule has 0 fully saturated rings. The first-order chi connectivity index (χ1) is 8.72. The lowest BCUT2D eigenvalue weighted by Gasteiger charge is -2.17. The van der Waals surface area contributed by atoms with Crippen LogP contribution in [0.1, 0.15) is 13.3 Å². The highest BCUT2D eigenvalue weighted by Gasteiger charge is 2.12. The van der Waals surface area contributed by atoms with Gasteiger partial charge in [0.2, 0.25) is 0 Å². The minimum Gasteiger partial charge on any atom is -0.394 e. The van der Waals surface area contributed by atoms with E-state index in [0.29, 0.717) is 26.2 Å². The maximum Gasteiger partial charge on any atom is 0.549 e. The first kappa shape index (κ1) is 20.8. The van der Waals surface area contributed by atoms with Crippen LogP contribution in [-0.2, 0) is 14.0 Å². The molecule has 0 saturated heterocycles. The molecule has 0 amide bonds. The molecule has 0 saturated carbocycles. The number of terminal acetylenes is 1. The van der Waals surface area contributed by atoms with Crippen molar-refractivity contribution in [1.82, 2.24) is 0 Å². The maximum absolute atomic E-state index is 10.1. The largest absolute Gasteiger partial charge is 0.549 e. The van der Waals surface area contributed by atoms with Crippen LogP contribution in [0.4, 0.5) is 8.39 Å². The first-order valence-electron chi connectivity index (χ1n) is 5.36. The van der Waals surface area contributed by atoms with E-state index < -0.39 is 14.1 Å². The molecule has 19 heavy (non-hydrogen) atoms. The van der Waals surface area contributed by atoms with E-state index in [2.05, 4.69) is 5.92 Å². The van der Waals surface area contributed by atoms with Crippen molar-refractivity contribution in [2.45, 2.75) is 25.6 Å². The molecule has 3 N–H and O–H groups in total. The second-order valence-corrected chi connectivity index (χ2v) is 4.19. The number of ether oxygens (including phenoxy) is 2. The van der Waals surface area contributed by atoms with Gasteiger partial charge in [-0.2, -0.15) is 0 Å². The molecule has 2 unspecified atom stereocenters. The summed E-state index contributed by atoms with van der Waals surface area (Å²) in [6, 6.07) is 0. The fourth-order valence-electron chi connectivity index (χ4n) is 0.857. The van der Waals surface area contributed by atoms with Crippen molar-refractivity contribution < 1.29 is 37.5 Å². The van der Waals surface area contributed by atoms with Crippen LogP contribution in [0.5, 0.6) is 0 Å². The zero-order valence-electron chi connectivity index (χ0n) is 10.5. The number of hydrogen-bond donors (Lipinski definition) is 3. The second kappa shape index (κ2) is 12.5. The standard InChI is InChI=1S/C10H18O4.F2HO2P/c1-3-4-10(12)9(2)14-8-7-13-6-5-11;1-5(2,3)4/h1,9-12H,4-8H2,2H3;(H,3,4). The molecule has 0 radical (unpaired) electrons. The van der Waals surface area contributed by atoms with E-state index in [-0.39, 0.29) is 12.7 Å². The van der Waals surface area contributed by atoms with Crippen LogP contribution < -0.4 is 0 Å². The molecule has 9 heteroatoms. The van der Waals surface area contributed by atoms with Gasteiger partial charge < -0.3 is 19.7 Å². The van der Waals surface area contributed by atoms with Gasteiger partial charge >= 0.3 is 7.99 Å². The van der Waals surface area contributed by atoms with Gasteiger partial charge in [0.05, 0.1) is 38.6 Å². The zero-order valence-corrected chi connectivity index (χ0v) is 11.4. The molecule has 0 aromatic carbocycles. The van der Waals surface area contributed by atoms with Crippen molar-refractivity contribution >= 4 is 7.99 Å². The van der Waals surface area contributed by atoms with Crippen molar-refractivity contribution in [3.05, 3.63) is 0 Å². The van der Waals surface area contributed by atoms with E-state index in [0.717, 1.165) is 0 Å². The Hall–Kier alpha value is -0.550. The number of hydrogen-bond acceptors (Lipinski definition) is 5. The maximum atomic E-state index is 10.1. The summed E-state index contributed by atoms with van der Waals surface area (Å²) < 4.78 is 38.9. The monoisotopic (exact) mass is 304 g/mol. The van der Waals surface area contributed by atoms with Gasteiger partial charge in [-0.15, -0.1) is 20.7 Å². The molecule has 0 aliphatic rings. The molecule has 6 nitrogen and oxygen atoms in total. The van der Waals surface area contributed by atoms with Crippen LogP contribution in [0.15, 0.2) is 0 Å². The van der Waals surface area contributed by atoms with Gasteiger partial charge in [-0.25, -0.2) is 4.57 Å². The molecule has 0 bridgehead atoms. The van der Waals surface area contributed by atoms with E-state index in [1.807, 2.05) is 0 Å². The third-order valence-electron chi connectivity index (χ3n) is 1.71. The van der Waals surface area contributed by atoms with Gasteiger partial charge in [0.15, 0.2) is 0 Å². The van der Waals surface area contributed by atoms with E-state index in [9.17, 15) is 13.5 Å². The molecular formula is C10H19F2O6P. The van der Waals surface area contributed by atoms with Crippen molar-refractivity contribution in [1.29, 1.82) is 0 Å². The van der Waals surface area contributed by atoms with Crippen LogP contribution in [0.3, 0.4) is 0 Å². The zero-order chi connectivity index (χ0) is 15.3. The van der Waals surface area contributed by atoms with E-state index in [4.69, 9.17) is 30.5 Å². The minimum atomic E-state index is -5.64. The highest BCUT2D eigenvalue weighted by atomic mass is 31.2. The molecule has 0 rings (SSSR count). The molecule has 0 aliphatic heterocycles. The van der Waals surface area contributed by atoms with Gasteiger partial charge in [-0.3, -0.25) is 4.89 Å². The number of aliphatic hydroxyl groups excluding tert-OH is 2. The lowest BCUT2D eigenvalue weighted by atomic mass is 10.2. The quantitative estimate of drug-likeness (QED) is 0.349. The van der Waals surface area contributed by atoms with Gasteiger partial charge in [0.25, 0.3) is 0 Å². The summed E-state index contributed by atoms with van der Waals surface area (Å²) in [5.74, 6) is 2.36. The third kappa shape index (κ3) is 23.0. The lowest BCUT2D eigenvalue weighted by Crippen LogP contribution is -2.27. The van der Waals surface area contributed by atoms with E-state index in [1.165, 1.54) is 0 Å². The highest BCUT2D eigenvalue weighted by Crippen LogP contribution is 2.43. The Labute approximate surface area is 111 Å². The Morgan fingerprint density at radius 3 is 2.32 bits per heavy atom. The lowest BCUT2D eigenvalue weighted by molar-refractivity contribution is -0.0474. The van der Waals surface area contributed by atoms with Crippen LogP contribution in [0.25, 0.3) is 0 Å². The fraction of sp³-hybridized carbons (Fsp3) is 0.800. The average molecular weight is 304 g/mol. The molecule has 0 heterocycles. The van der Waals surface area contributed by atoms with Crippen LogP contribution in [0, 0.1) is 12.3 Å². The van der Waals surface area contributed by atoms with Gasteiger partial charge in [-0.1, -0.05) is 0 Å². The predicted molar refractivity (Wildman–Crippen MR) is 64.8 cm³/mol. The molecule has 2 atom stereocenters. The summed E-state index contributed by atoms with van der Waals surface area (Å²) in [7, 11) is -5.64. The average Bonchev–Trinajstić information content (AvgIpc) is 2.26. The van der Waals surface area contributed by atoms with Crippen LogP contribution >= 0.6 is 7.99 Å². The topological polar surface area (TPSA) is 96.2 Å². The van der Waals surface area contributed by atoms with Crippen LogP contribution in [0.2, 0.25) is 0 Å². The third-order valence-corrected chi connectivity index (χ3v) is 1.71. The Kier molecular flexibility index (Phi) is 13.6. The minimum absolute atomic E-state index is 0.00920. The Morgan fingerprint density at radius 2 is 1.89 bits per heavy atom. The smallest absolute Gasteiger partial charge is 0.394 e. The van der Waals surface area contributed by atoms with Gasteiger partial charge in [0, 0.05) is 6.42 Å². The van der Waals surface area contributed by atoms with Gasteiger partial charge in [0.1, 0.15) is 0 Å².